The summed E-state index contributed by atoms with van der Waals surface area (Å²) < 4.78 is 0. The Morgan fingerprint density at radius 1 is 0.938 bits per heavy atom. The highest BCUT2D eigenvalue weighted by atomic mass is 15.1. The maximum Gasteiger partial charge on any atom is 0.0908 e. The molecule has 0 aliphatic heterocycles. The zero-order chi connectivity index (χ0) is 12.6. The molecule has 92 valence electrons. The molecule has 0 aromatic rings. The number of hydrogen-bond donors (Lipinski definition) is 4. The summed E-state index contributed by atoms with van der Waals surface area (Å²) in [6.07, 6.45) is 1.12. The molecule has 0 saturated carbocycles. The summed E-state index contributed by atoms with van der Waals surface area (Å²) >= 11 is 0. The quantitative estimate of drug-likeness (QED) is 0.283. The van der Waals surface area contributed by atoms with Crippen molar-refractivity contribution in [3.63, 3.8) is 0 Å². The van der Waals surface area contributed by atoms with Crippen LogP contribution in [0.25, 0.3) is 0 Å². The Hall–Kier alpha value is -1.46. The lowest BCUT2D eigenvalue weighted by Gasteiger charge is -2.07. The van der Waals surface area contributed by atoms with Crippen molar-refractivity contribution in [2.45, 2.75) is 26.7 Å². The van der Waals surface area contributed by atoms with Gasteiger partial charge in [-0.05, 0) is 11.8 Å². The minimum Gasteiger partial charge on any atom is -0.388 e. The lowest BCUT2D eigenvalue weighted by molar-refractivity contribution is 0.562. The summed E-state index contributed by atoms with van der Waals surface area (Å²) in [5.74, 6) is 0.883. The maximum atomic E-state index is 7.12. The summed E-state index contributed by atoms with van der Waals surface area (Å²) in [6.45, 7) is 5.15. The van der Waals surface area contributed by atoms with Gasteiger partial charge in [0.05, 0.1) is 24.8 Å². The topological polar surface area (TPSA) is 124 Å². The molecule has 6 heteroatoms. The first-order valence-electron chi connectivity index (χ1n) is 5.40. The molecule has 0 spiro atoms. The van der Waals surface area contributed by atoms with E-state index in [9.17, 15) is 0 Å². The highest BCUT2D eigenvalue weighted by Gasteiger charge is 2.04. The fourth-order valence-corrected chi connectivity index (χ4v) is 1.27. The van der Waals surface area contributed by atoms with Crippen LogP contribution in [0, 0.1) is 22.7 Å². The van der Waals surface area contributed by atoms with Gasteiger partial charge in [-0.25, -0.2) is 0 Å². The Labute approximate surface area is 96.5 Å². The average molecular weight is 226 g/mol. The Morgan fingerprint density at radius 3 is 1.50 bits per heavy atom. The van der Waals surface area contributed by atoms with Crippen molar-refractivity contribution in [1.82, 2.24) is 0 Å². The van der Waals surface area contributed by atoms with Gasteiger partial charge < -0.3 is 11.5 Å². The molecule has 6 N–H and O–H groups in total. The van der Waals surface area contributed by atoms with E-state index in [4.69, 9.17) is 22.3 Å². The normalized spacial score (nSPS) is 14.9. The molecule has 0 heterocycles. The van der Waals surface area contributed by atoms with Crippen molar-refractivity contribution < 1.29 is 0 Å². The van der Waals surface area contributed by atoms with Crippen LogP contribution in [0.5, 0.6) is 0 Å². The van der Waals surface area contributed by atoms with E-state index in [1.54, 1.807) is 0 Å². The number of rotatable bonds is 8. The van der Waals surface area contributed by atoms with Gasteiger partial charge in [-0.15, -0.1) is 0 Å². The van der Waals surface area contributed by atoms with Crippen molar-refractivity contribution in [2.24, 2.45) is 33.5 Å². The number of amidine groups is 2. The molecular formula is C10H22N6. The Morgan fingerprint density at radius 2 is 1.25 bits per heavy atom. The third-order valence-corrected chi connectivity index (χ3v) is 2.02. The standard InChI is InChI=1S/C10H22N6/c1-7(3-9(11)12)5-15-16-6-8(2)4-10(13)14/h7-8H,3-6H2,1-2H3,(H3,11,12)(H3,13,14). The van der Waals surface area contributed by atoms with Gasteiger partial charge in [-0.3, -0.25) is 10.8 Å². The van der Waals surface area contributed by atoms with Crippen LogP contribution in [0.3, 0.4) is 0 Å². The lowest BCUT2D eigenvalue weighted by atomic mass is 10.1. The van der Waals surface area contributed by atoms with Gasteiger partial charge in [0.25, 0.3) is 0 Å². The molecule has 2 atom stereocenters. The third kappa shape index (κ3) is 9.11. The number of nitrogens with zero attached hydrogens (tertiary/aromatic N) is 2. The van der Waals surface area contributed by atoms with Crippen molar-refractivity contribution in [3.05, 3.63) is 0 Å². The summed E-state index contributed by atoms with van der Waals surface area (Å²) in [5, 5.41) is 22.3. The fourth-order valence-electron chi connectivity index (χ4n) is 1.27. The van der Waals surface area contributed by atoms with Gasteiger partial charge >= 0.3 is 0 Å². The van der Waals surface area contributed by atoms with E-state index in [2.05, 4.69) is 10.2 Å². The fraction of sp³-hybridized carbons (Fsp3) is 0.800. The second kappa shape index (κ2) is 7.78. The summed E-state index contributed by atoms with van der Waals surface area (Å²) in [7, 11) is 0. The molecule has 0 aromatic heterocycles. The van der Waals surface area contributed by atoms with Crippen LogP contribution in [0.1, 0.15) is 26.7 Å². The van der Waals surface area contributed by atoms with E-state index < -0.39 is 0 Å². The van der Waals surface area contributed by atoms with Gasteiger partial charge in [0.1, 0.15) is 0 Å². The molecule has 0 amide bonds. The van der Waals surface area contributed by atoms with Crippen LogP contribution in [0.4, 0.5) is 0 Å². The second-order valence-corrected chi connectivity index (χ2v) is 4.32. The van der Waals surface area contributed by atoms with Crippen LogP contribution in [0.2, 0.25) is 0 Å². The van der Waals surface area contributed by atoms with Gasteiger partial charge in [-0.2, -0.15) is 10.2 Å². The van der Waals surface area contributed by atoms with E-state index >= 15 is 0 Å². The third-order valence-electron chi connectivity index (χ3n) is 2.02. The number of nitrogens with two attached hydrogens (primary N) is 2. The van der Waals surface area contributed by atoms with Crippen LogP contribution in [0.15, 0.2) is 10.2 Å². The Balaban J connectivity index is 3.68. The molecule has 6 nitrogen and oxygen atoms in total. The second-order valence-electron chi connectivity index (χ2n) is 4.32. The van der Waals surface area contributed by atoms with Crippen LogP contribution < -0.4 is 11.5 Å². The SMILES string of the molecule is CC(CN=NCC(C)CC(=N)N)CC(=N)N. The van der Waals surface area contributed by atoms with E-state index in [1.807, 2.05) is 13.8 Å². The van der Waals surface area contributed by atoms with E-state index in [1.165, 1.54) is 0 Å². The van der Waals surface area contributed by atoms with Crippen LogP contribution >= 0.6 is 0 Å². The number of azo groups is 1. The minimum atomic E-state index is 0.188. The molecule has 0 aliphatic carbocycles. The molecule has 0 rings (SSSR count). The predicted molar refractivity (Wildman–Crippen MR) is 66.0 cm³/mol. The molecule has 0 bridgehead atoms. The monoisotopic (exact) mass is 226 g/mol. The number of hydrogen-bond acceptors (Lipinski definition) is 4. The van der Waals surface area contributed by atoms with Crippen molar-refractivity contribution in [2.75, 3.05) is 13.1 Å². The molecule has 0 aliphatic rings. The van der Waals surface area contributed by atoms with Crippen molar-refractivity contribution in [3.8, 4) is 0 Å². The summed E-state index contributed by atoms with van der Waals surface area (Å²) in [6, 6.07) is 0. The average Bonchev–Trinajstić information content (AvgIpc) is 2.10. The molecular weight excluding hydrogens is 204 g/mol. The maximum absolute atomic E-state index is 7.12. The molecule has 16 heavy (non-hydrogen) atoms. The van der Waals surface area contributed by atoms with Gasteiger partial charge in [0, 0.05) is 12.8 Å². The zero-order valence-electron chi connectivity index (χ0n) is 10.0. The number of nitrogens with one attached hydrogen (secondary N) is 2. The zero-order valence-corrected chi connectivity index (χ0v) is 10.0. The Bertz CT molecular complexity index is 234. The van der Waals surface area contributed by atoms with E-state index in [-0.39, 0.29) is 23.5 Å². The predicted octanol–water partition coefficient (Wildman–Crippen LogP) is 1.36. The molecule has 0 saturated heterocycles. The minimum absolute atomic E-state index is 0.188. The first-order chi connectivity index (χ1) is 7.41. The molecule has 0 radical (unpaired) electrons. The molecule has 0 fully saturated rings. The largest absolute Gasteiger partial charge is 0.388 e. The van der Waals surface area contributed by atoms with Crippen molar-refractivity contribution >= 4 is 11.7 Å². The van der Waals surface area contributed by atoms with Gasteiger partial charge in [-0.1, -0.05) is 13.8 Å². The summed E-state index contributed by atoms with van der Waals surface area (Å²) in [4.78, 5) is 0. The Kier molecular flexibility index (Phi) is 7.07. The lowest BCUT2D eigenvalue weighted by Crippen LogP contribution is -2.16. The van der Waals surface area contributed by atoms with E-state index in [0.717, 1.165) is 0 Å². The van der Waals surface area contributed by atoms with Crippen molar-refractivity contribution in [1.29, 1.82) is 10.8 Å². The first kappa shape index (κ1) is 14.5. The summed E-state index contributed by atoms with van der Waals surface area (Å²) in [5.41, 5.74) is 10.5. The van der Waals surface area contributed by atoms with E-state index in [0.29, 0.717) is 25.9 Å². The molecule has 0 aromatic carbocycles. The highest BCUT2D eigenvalue weighted by molar-refractivity contribution is 5.77. The first-order valence-corrected chi connectivity index (χ1v) is 5.40. The highest BCUT2D eigenvalue weighted by Crippen LogP contribution is 2.04. The smallest absolute Gasteiger partial charge is 0.0908 e. The van der Waals surface area contributed by atoms with Gasteiger partial charge in [0.2, 0.25) is 0 Å². The van der Waals surface area contributed by atoms with Crippen LogP contribution in [-0.2, 0) is 0 Å². The van der Waals surface area contributed by atoms with Crippen LogP contribution in [-0.4, -0.2) is 24.8 Å². The molecule has 2 unspecified atom stereocenters. The van der Waals surface area contributed by atoms with Gasteiger partial charge in [0.15, 0.2) is 0 Å².